The third kappa shape index (κ3) is 2.49. The highest BCUT2D eigenvalue weighted by atomic mass is 19.3. The molecule has 0 aromatic carbocycles. The Bertz CT molecular complexity index is 374. The van der Waals surface area contributed by atoms with E-state index in [-0.39, 0.29) is 30.7 Å². The lowest BCUT2D eigenvalue weighted by Crippen LogP contribution is -2.45. The molecule has 19 heavy (non-hydrogen) atoms. The summed E-state index contributed by atoms with van der Waals surface area (Å²) in [5.74, 6) is -2.79. The lowest BCUT2D eigenvalue weighted by molar-refractivity contribution is -0.144. The van der Waals surface area contributed by atoms with E-state index in [2.05, 4.69) is 5.32 Å². The molecule has 0 radical (unpaired) electrons. The number of hydrogen-bond donors (Lipinski definition) is 2. The molecule has 3 fully saturated rings. The lowest BCUT2D eigenvalue weighted by atomic mass is 9.84. The van der Waals surface area contributed by atoms with E-state index < -0.39 is 11.9 Å². The Morgan fingerprint density at radius 2 is 2.00 bits per heavy atom. The number of rotatable bonds is 4. The van der Waals surface area contributed by atoms with Gasteiger partial charge < -0.3 is 10.4 Å². The number of halogens is 2. The zero-order valence-electron chi connectivity index (χ0n) is 10.9. The minimum absolute atomic E-state index is 0.00331. The highest BCUT2D eigenvalue weighted by Crippen LogP contribution is 2.49. The largest absolute Gasteiger partial charge is 0.481 e. The highest BCUT2D eigenvalue weighted by Gasteiger charge is 2.51. The minimum atomic E-state index is -2.51. The fraction of sp³-hybridized carbons (Fsp3) is 0.929. The molecule has 2 N–H and O–H groups in total. The average Bonchev–Trinajstić information content (AvgIpc) is 2.99. The Morgan fingerprint density at radius 1 is 1.26 bits per heavy atom. The van der Waals surface area contributed by atoms with Gasteiger partial charge in [-0.3, -0.25) is 4.79 Å². The Morgan fingerprint density at radius 3 is 2.63 bits per heavy atom. The summed E-state index contributed by atoms with van der Waals surface area (Å²) in [6.45, 7) is 0.549. The normalized spacial score (nSPS) is 43.8. The van der Waals surface area contributed by atoms with Crippen molar-refractivity contribution in [2.24, 2.45) is 23.7 Å². The molecular formula is C14H21F2NO2. The van der Waals surface area contributed by atoms with Crippen LogP contribution in [-0.2, 0) is 4.79 Å². The fourth-order valence-electron chi connectivity index (χ4n) is 4.46. The lowest BCUT2D eigenvalue weighted by Gasteiger charge is -2.30. The van der Waals surface area contributed by atoms with Gasteiger partial charge in [-0.15, -0.1) is 0 Å². The maximum Gasteiger partial charge on any atom is 0.308 e. The molecule has 0 spiro atoms. The molecule has 0 aromatic heterocycles. The van der Waals surface area contributed by atoms with E-state index >= 15 is 0 Å². The molecule has 108 valence electrons. The van der Waals surface area contributed by atoms with Crippen molar-refractivity contribution in [1.29, 1.82) is 0 Å². The molecule has 0 saturated heterocycles. The standard InChI is InChI=1S/C14H21F2NO2/c15-14(16)4-3-8(6-14)7-17-12-10-2-1-9(5-10)11(12)13(18)19/h8-12,17H,1-7H2,(H,18,19). The molecule has 0 aliphatic heterocycles. The minimum Gasteiger partial charge on any atom is -0.481 e. The van der Waals surface area contributed by atoms with Gasteiger partial charge in [0.2, 0.25) is 5.92 Å². The third-order valence-electron chi connectivity index (χ3n) is 5.35. The van der Waals surface area contributed by atoms with Crippen molar-refractivity contribution >= 4 is 5.97 Å². The Hall–Kier alpha value is -0.710. The van der Waals surface area contributed by atoms with Gasteiger partial charge >= 0.3 is 5.97 Å². The van der Waals surface area contributed by atoms with Crippen molar-refractivity contribution < 1.29 is 18.7 Å². The monoisotopic (exact) mass is 273 g/mol. The van der Waals surface area contributed by atoms with Crippen LogP contribution in [0, 0.1) is 23.7 Å². The highest BCUT2D eigenvalue weighted by molar-refractivity contribution is 5.72. The number of aliphatic carboxylic acids is 1. The van der Waals surface area contributed by atoms with Crippen molar-refractivity contribution in [3.05, 3.63) is 0 Å². The van der Waals surface area contributed by atoms with Crippen molar-refractivity contribution in [2.75, 3.05) is 6.54 Å². The van der Waals surface area contributed by atoms with Gasteiger partial charge in [0.1, 0.15) is 0 Å². The second-order valence-electron chi connectivity index (χ2n) is 6.60. The van der Waals surface area contributed by atoms with Crippen LogP contribution in [-0.4, -0.2) is 29.6 Å². The van der Waals surface area contributed by atoms with E-state index in [1.54, 1.807) is 0 Å². The Labute approximate surface area is 111 Å². The van der Waals surface area contributed by atoms with Crippen LogP contribution in [0.3, 0.4) is 0 Å². The topological polar surface area (TPSA) is 49.3 Å². The SMILES string of the molecule is O=C(O)C1C2CCC(C2)C1NCC1CCC(F)(F)C1. The fourth-order valence-corrected chi connectivity index (χ4v) is 4.46. The first-order valence-electron chi connectivity index (χ1n) is 7.30. The predicted octanol–water partition coefficient (Wildman–Crippen LogP) is 2.51. The average molecular weight is 273 g/mol. The van der Waals surface area contributed by atoms with Crippen LogP contribution in [0.4, 0.5) is 8.78 Å². The summed E-state index contributed by atoms with van der Waals surface area (Å²) in [7, 11) is 0. The van der Waals surface area contributed by atoms with Crippen molar-refractivity contribution in [3.8, 4) is 0 Å². The van der Waals surface area contributed by atoms with Crippen LogP contribution in [0.1, 0.15) is 38.5 Å². The number of carboxylic acids is 1. The summed E-state index contributed by atoms with van der Waals surface area (Å²) in [4.78, 5) is 11.3. The predicted molar refractivity (Wildman–Crippen MR) is 66.0 cm³/mol. The molecular weight excluding hydrogens is 252 g/mol. The molecule has 0 heterocycles. The summed E-state index contributed by atoms with van der Waals surface area (Å²) in [6, 6.07) is 0.00507. The molecule has 5 heteroatoms. The number of fused-ring (bicyclic) bond motifs is 2. The van der Waals surface area contributed by atoms with Crippen LogP contribution < -0.4 is 5.32 Å². The van der Waals surface area contributed by atoms with E-state index in [0.717, 1.165) is 19.3 Å². The Kier molecular flexibility index (Phi) is 3.28. The zero-order valence-corrected chi connectivity index (χ0v) is 10.9. The molecule has 0 amide bonds. The number of alkyl halides is 2. The molecule has 5 unspecified atom stereocenters. The summed E-state index contributed by atoms with van der Waals surface area (Å²) >= 11 is 0. The number of hydrogen-bond acceptors (Lipinski definition) is 2. The first kappa shape index (κ1) is 13.3. The maximum absolute atomic E-state index is 13.1. The van der Waals surface area contributed by atoms with E-state index in [1.807, 2.05) is 0 Å². The van der Waals surface area contributed by atoms with Gasteiger partial charge in [-0.05, 0) is 50.0 Å². The molecule has 5 atom stereocenters. The molecule has 0 aromatic rings. The molecule has 2 bridgehead atoms. The van der Waals surface area contributed by atoms with Crippen LogP contribution >= 0.6 is 0 Å². The van der Waals surface area contributed by atoms with Crippen LogP contribution in [0.25, 0.3) is 0 Å². The van der Waals surface area contributed by atoms with Gasteiger partial charge in [0, 0.05) is 18.9 Å². The van der Waals surface area contributed by atoms with Crippen molar-refractivity contribution in [2.45, 2.75) is 50.5 Å². The third-order valence-corrected chi connectivity index (χ3v) is 5.35. The quantitative estimate of drug-likeness (QED) is 0.827. The van der Waals surface area contributed by atoms with Gasteiger partial charge in [0.05, 0.1) is 5.92 Å². The molecule has 3 nitrogen and oxygen atoms in total. The molecule has 3 saturated carbocycles. The zero-order chi connectivity index (χ0) is 13.6. The first-order valence-corrected chi connectivity index (χ1v) is 7.30. The molecule has 3 rings (SSSR count). The van der Waals surface area contributed by atoms with E-state index in [9.17, 15) is 18.7 Å². The summed E-state index contributed by atoms with van der Waals surface area (Å²) in [6.07, 6.45) is 3.60. The smallest absolute Gasteiger partial charge is 0.308 e. The van der Waals surface area contributed by atoms with E-state index in [0.29, 0.717) is 24.8 Å². The van der Waals surface area contributed by atoms with Gasteiger partial charge in [-0.2, -0.15) is 0 Å². The van der Waals surface area contributed by atoms with E-state index in [4.69, 9.17) is 0 Å². The van der Waals surface area contributed by atoms with Crippen LogP contribution in [0.5, 0.6) is 0 Å². The van der Waals surface area contributed by atoms with Gasteiger partial charge in [-0.1, -0.05) is 0 Å². The number of nitrogens with one attached hydrogen (secondary N) is 1. The van der Waals surface area contributed by atoms with Crippen LogP contribution in [0.15, 0.2) is 0 Å². The molecule has 3 aliphatic carbocycles. The van der Waals surface area contributed by atoms with Crippen molar-refractivity contribution in [3.63, 3.8) is 0 Å². The van der Waals surface area contributed by atoms with Gasteiger partial charge in [0.25, 0.3) is 0 Å². The number of carboxylic acid groups (broad SMARTS) is 1. The second kappa shape index (κ2) is 4.69. The summed E-state index contributed by atoms with van der Waals surface area (Å²) in [5.41, 5.74) is 0. The second-order valence-corrected chi connectivity index (χ2v) is 6.60. The van der Waals surface area contributed by atoms with Crippen LogP contribution in [0.2, 0.25) is 0 Å². The molecule has 3 aliphatic rings. The van der Waals surface area contributed by atoms with E-state index in [1.165, 1.54) is 0 Å². The maximum atomic E-state index is 13.1. The van der Waals surface area contributed by atoms with Gasteiger partial charge in [0.15, 0.2) is 0 Å². The summed E-state index contributed by atoms with van der Waals surface area (Å²) in [5, 5.41) is 12.6. The Balaban J connectivity index is 1.56. The first-order chi connectivity index (χ1) is 8.96. The van der Waals surface area contributed by atoms with Crippen molar-refractivity contribution in [1.82, 2.24) is 5.32 Å². The summed E-state index contributed by atoms with van der Waals surface area (Å²) < 4.78 is 26.3. The van der Waals surface area contributed by atoms with Gasteiger partial charge in [-0.25, -0.2) is 8.78 Å². The number of carbonyl (C=O) groups is 1.